The Balaban J connectivity index is 1.66. The molecule has 0 bridgehead atoms. The van der Waals surface area contributed by atoms with Crippen LogP contribution in [0.4, 0.5) is 0 Å². The van der Waals surface area contributed by atoms with Crippen molar-refractivity contribution in [3.05, 3.63) is 51.2 Å². The molecule has 0 aliphatic heterocycles. The van der Waals surface area contributed by atoms with Crippen LogP contribution in [0.1, 0.15) is 52.4 Å². The molecule has 1 aromatic carbocycles. The minimum absolute atomic E-state index is 0.0894. The number of carbonyl (C=O) groups is 1. The van der Waals surface area contributed by atoms with Crippen LogP contribution in [-0.2, 0) is 12.8 Å². The van der Waals surface area contributed by atoms with Gasteiger partial charge in [-0.15, -0.1) is 11.3 Å². The maximum absolute atomic E-state index is 12.3. The van der Waals surface area contributed by atoms with E-state index in [1.165, 1.54) is 23.3 Å². The van der Waals surface area contributed by atoms with E-state index in [0.717, 1.165) is 29.0 Å². The minimum Gasteiger partial charge on any atom is -0.490 e. The summed E-state index contributed by atoms with van der Waals surface area (Å²) in [6.45, 7) is 3.96. The van der Waals surface area contributed by atoms with Gasteiger partial charge >= 0.3 is 0 Å². The Hall–Kier alpha value is -2.14. The van der Waals surface area contributed by atoms with E-state index >= 15 is 0 Å². The van der Waals surface area contributed by atoms with E-state index in [9.17, 15) is 4.79 Å². The van der Waals surface area contributed by atoms with Gasteiger partial charge in [-0.3, -0.25) is 4.79 Å². The number of carbonyl (C=O) groups excluding carboxylic acids is 1. The molecule has 0 spiro atoms. The first-order valence-corrected chi connectivity index (χ1v) is 9.16. The normalized spacial score (nSPS) is 14.0. The Bertz CT molecular complexity index is 726. The quantitative estimate of drug-likeness (QED) is 0.655. The summed E-state index contributed by atoms with van der Waals surface area (Å²) in [5.74, 6) is 0.616. The zero-order valence-electron chi connectivity index (χ0n) is 14.0. The van der Waals surface area contributed by atoms with Gasteiger partial charge in [-0.25, -0.2) is 5.43 Å². The Kier molecular flexibility index (Phi) is 5.30. The molecule has 1 amide bonds. The summed E-state index contributed by atoms with van der Waals surface area (Å²) < 4.78 is 5.74. The molecule has 0 saturated heterocycles. The fourth-order valence-electron chi connectivity index (χ4n) is 2.77. The average Bonchev–Trinajstić information content (AvgIpc) is 3.00. The number of fused-ring (bicyclic) bond motifs is 1. The number of benzene rings is 1. The molecule has 0 atom stereocenters. The average molecular weight is 342 g/mol. The van der Waals surface area contributed by atoms with Gasteiger partial charge in [0.15, 0.2) is 0 Å². The van der Waals surface area contributed by atoms with Gasteiger partial charge in [0.1, 0.15) is 5.75 Å². The van der Waals surface area contributed by atoms with Crippen LogP contribution in [0.2, 0.25) is 0 Å². The van der Waals surface area contributed by atoms with Gasteiger partial charge in [-0.2, -0.15) is 5.10 Å². The Morgan fingerprint density at radius 2 is 2.08 bits per heavy atom. The third-order valence-corrected chi connectivity index (χ3v) is 5.11. The van der Waals surface area contributed by atoms with Crippen molar-refractivity contribution in [3.63, 3.8) is 0 Å². The first kappa shape index (κ1) is 16.7. The van der Waals surface area contributed by atoms with Crippen LogP contribution in [0.5, 0.6) is 5.75 Å². The molecule has 1 aliphatic carbocycles. The van der Waals surface area contributed by atoms with Crippen LogP contribution in [0, 0.1) is 0 Å². The number of aryl methyl sites for hydroxylation is 2. The van der Waals surface area contributed by atoms with Crippen molar-refractivity contribution >= 4 is 23.5 Å². The first-order chi connectivity index (χ1) is 11.6. The van der Waals surface area contributed by atoms with Crippen LogP contribution >= 0.6 is 11.3 Å². The minimum atomic E-state index is -0.145. The molecule has 5 heteroatoms. The molecule has 2 aromatic rings. The summed E-state index contributed by atoms with van der Waals surface area (Å²) in [5.41, 5.74) is 4.80. The third kappa shape index (κ3) is 4.03. The molecule has 4 nitrogen and oxygen atoms in total. The predicted octanol–water partition coefficient (Wildman–Crippen LogP) is 4.18. The van der Waals surface area contributed by atoms with Crippen LogP contribution in [0.3, 0.4) is 0 Å². The van der Waals surface area contributed by atoms with Crippen LogP contribution in [-0.4, -0.2) is 18.2 Å². The summed E-state index contributed by atoms with van der Waals surface area (Å²) in [5, 5.41) is 4.09. The molecule has 1 heterocycles. The molecule has 0 unspecified atom stereocenters. The summed E-state index contributed by atoms with van der Waals surface area (Å²) in [7, 11) is 0. The van der Waals surface area contributed by atoms with Gasteiger partial charge in [0.2, 0.25) is 0 Å². The van der Waals surface area contributed by atoms with Crippen LogP contribution in [0.25, 0.3) is 0 Å². The van der Waals surface area contributed by atoms with E-state index < -0.39 is 0 Å². The zero-order chi connectivity index (χ0) is 16.9. The molecular formula is C19H22N2O2S. The number of hydrogen-bond donors (Lipinski definition) is 1. The lowest BCUT2D eigenvalue weighted by Gasteiger charge is -2.11. The number of thiophene rings is 1. The van der Waals surface area contributed by atoms with Crippen molar-refractivity contribution in [1.82, 2.24) is 5.43 Å². The molecule has 0 fully saturated rings. The molecule has 126 valence electrons. The van der Waals surface area contributed by atoms with Gasteiger partial charge in [0.05, 0.1) is 17.2 Å². The predicted molar refractivity (Wildman–Crippen MR) is 98.2 cm³/mol. The van der Waals surface area contributed by atoms with Crippen molar-refractivity contribution in [3.8, 4) is 5.75 Å². The second-order valence-corrected chi connectivity index (χ2v) is 7.31. The topological polar surface area (TPSA) is 50.7 Å². The fraction of sp³-hybridized carbons (Fsp3) is 0.368. The monoisotopic (exact) mass is 342 g/mol. The number of ether oxygens (including phenoxy) is 1. The Labute approximate surface area is 146 Å². The van der Waals surface area contributed by atoms with Crippen molar-refractivity contribution in [2.75, 3.05) is 0 Å². The third-order valence-electron chi connectivity index (χ3n) is 3.87. The Morgan fingerprint density at radius 1 is 1.29 bits per heavy atom. The molecule has 1 aromatic heterocycles. The lowest BCUT2D eigenvalue weighted by molar-refractivity contribution is 0.0959. The van der Waals surface area contributed by atoms with Gasteiger partial charge in [-0.1, -0.05) is 12.1 Å². The van der Waals surface area contributed by atoms with E-state index in [-0.39, 0.29) is 12.0 Å². The highest BCUT2D eigenvalue weighted by molar-refractivity contribution is 7.14. The van der Waals surface area contributed by atoms with Gasteiger partial charge in [0, 0.05) is 10.4 Å². The number of rotatable bonds is 5. The number of hydrazone groups is 1. The van der Waals surface area contributed by atoms with E-state index in [2.05, 4.69) is 10.5 Å². The second kappa shape index (κ2) is 7.62. The van der Waals surface area contributed by atoms with Gasteiger partial charge in [-0.05, 0) is 63.3 Å². The van der Waals surface area contributed by atoms with E-state index in [1.807, 2.05) is 44.2 Å². The van der Waals surface area contributed by atoms with Crippen LogP contribution < -0.4 is 10.2 Å². The van der Waals surface area contributed by atoms with E-state index in [0.29, 0.717) is 0 Å². The zero-order valence-corrected chi connectivity index (χ0v) is 14.9. The summed E-state index contributed by atoms with van der Waals surface area (Å²) in [6, 6.07) is 9.67. The molecule has 1 aliphatic rings. The highest BCUT2D eigenvalue weighted by Crippen LogP contribution is 2.29. The summed E-state index contributed by atoms with van der Waals surface area (Å²) in [4.78, 5) is 14.4. The number of amides is 1. The second-order valence-electron chi connectivity index (χ2n) is 6.17. The van der Waals surface area contributed by atoms with E-state index in [1.54, 1.807) is 17.6 Å². The van der Waals surface area contributed by atoms with E-state index in [4.69, 9.17) is 4.74 Å². The van der Waals surface area contributed by atoms with Crippen molar-refractivity contribution in [2.45, 2.75) is 45.6 Å². The highest BCUT2D eigenvalue weighted by atomic mass is 32.1. The molecule has 1 N–H and O–H groups in total. The van der Waals surface area contributed by atoms with Crippen molar-refractivity contribution < 1.29 is 9.53 Å². The highest BCUT2D eigenvalue weighted by Gasteiger charge is 2.16. The summed E-state index contributed by atoms with van der Waals surface area (Å²) >= 11 is 1.59. The molecular weight excluding hydrogens is 320 g/mol. The number of nitrogens with one attached hydrogen (secondary N) is 1. The maximum atomic E-state index is 12.3. The SMILES string of the molecule is CC(C)Oc1ccccc1/C=N/NC(=O)c1cc2c(s1)CCCC2. The lowest BCUT2D eigenvalue weighted by Crippen LogP contribution is -2.16. The number of hydrogen-bond acceptors (Lipinski definition) is 4. The van der Waals surface area contributed by atoms with Crippen molar-refractivity contribution in [1.29, 1.82) is 0 Å². The molecule has 0 saturated carbocycles. The van der Waals surface area contributed by atoms with Crippen molar-refractivity contribution in [2.24, 2.45) is 5.10 Å². The maximum Gasteiger partial charge on any atom is 0.281 e. The first-order valence-electron chi connectivity index (χ1n) is 8.34. The van der Waals surface area contributed by atoms with Gasteiger partial charge in [0.25, 0.3) is 5.91 Å². The largest absolute Gasteiger partial charge is 0.490 e. The molecule has 24 heavy (non-hydrogen) atoms. The van der Waals surface area contributed by atoms with Gasteiger partial charge < -0.3 is 4.74 Å². The number of para-hydroxylation sites is 1. The standard InChI is InChI=1S/C19H22N2O2S/c1-13(2)23-16-9-5-3-8-15(16)12-20-21-19(22)18-11-14-7-4-6-10-17(14)24-18/h3,5,8-9,11-13H,4,6-7,10H2,1-2H3,(H,21,22)/b20-12+. The molecule has 0 radical (unpaired) electrons. The smallest absolute Gasteiger partial charge is 0.281 e. The Morgan fingerprint density at radius 3 is 2.88 bits per heavy atom. The fourth-order valence-corrected chi connectivity index (χ4v) is 3.91. The lowest BCUT2D eigenvalue weighted by atomic mass is 9.99. The molecule has 3 rings (SSSR count). The summed E-state index contributed by atoms with van der Waals surface area (Å²) in [6.07, 6.45) is 6.34. The number of nitrogens with zero attached hydrogens (tertiary/aromatic N) is 1. The van der Waals surface area contributed by atoms with Crippen LogP contribution in [0.15, 0.2) is 35.4 Å².